The number of sulfonamides is 1. The molecule has 8 heteroatoms. The minimum Gasteiger partial charge on any atom is -0.497 e. The fraction of sp³-hybridized carbons (Fsp3) is 0.381. The molecule has 6 nitrogen and oxygen atoms in total. The van der Waals surface area contributed by atoms with Crippen LogP contribution in [0.4, 0.5) is 4.39 Å². The van der Waals surface area contributed by atoms with Crippen LogP contribution in [0.15, 0.2) is 53.4 Å². The number of carbonyl (C=O) groups excluding carboxylic acids is 1. The molecule has 4 rings (SSSR count). The summed E-state index contributed by atoms with van der Waals surface area (Å²) in [5, 5.41) is 0. The van der Waals surface area contributed by atoms with Crippen molar-refractivity contribution in [1.29, 1.82) is 0 Å². The standard InChI is InChI=1S/C21H23FN2O4S/c1-28-18-6-8-19(9-7-18)29(26,27)24-14-17(22)12-20(24)21(25)23-11-10-15-4-2-3-5-16(15)13-23/h2-9,17,20H,10-14H2,1H3/t17-,20-/m0/s1. The van der Waals surface area contributed by atoms with Gasteiger partial charge in [-0.05, 0) is 41.8 Å². The summed E-state index contributed by atoms with van der Waals surface area (Å²) in [5.74, 6) is 0.185. The highest BCUT2D eigenvalue weighted by atomic mass is 32.2. The zero-order valence-electron chi connectivity index (χ0n) is 16.1. The number of halogens is 1. The quantitative estimate of drug-likeness (QED) is 0.765. The van der Waals surface area contributed by atoms with Crippen LogP contribution >= 0.6 is 0 Å². The van der Waals surface area contributed by atoms with E-state index in [-0.39, 0.29) is 23.8 Å². The molecule has 0 radical (unpaired) electrons. The minimum absolute atomic E-state index is 0.0224. The van der Waals surface area contributed by atoms with Gasteiger partial charge < -0.3 is 9.64 Å². The number of hydrogen-bond acceptors (Lipinski definition) is 4. The Morgan fingerprint density at radius 3 is 2.48 bits per heavy atom. The highest BCUT2D eigenvalue weighted by Crippen LogP contribution is 2.31. The summed E-state index contributed by atoms with van der Waals surface area (Å²) in [7, 11) is -2.51. The molecule has 2 aliphatic rings. The Hall–Kier alpha value is -2.45. The molecule has 154 valence electrons. The molecule has 0 spiro atoms. The Labute approximate surface area is 169 Å². The second-order valence-electron chi connectivity index (χ2n) is 7.38. The van der Waals surface area contributed by atoms with Gasteiger partial charge >= 0.3 is 0 Å². The van der Waals surface area contributed by atoms with Crippen LogP contribution in [0.5, 0.6) is 5.75 Å². The molecule has 0 aromatic heterocycles. The van der Waals surface area contributed by atoms with Gasteiger partial charge in [-0.2, -0.15) is 4.31 Å². The van der Waals surface area contributed by atoms with Gasteiger partial charge in [-0.15, -0.1) is 0 Å². The molecule has 1 fully saturated rings. The molecule has 0 saturated carbocycles. The Morgan fingerprint density at radius 2 is 1.79 bits per heavy atom. The summed E-state index contributed by atoms with van der Waals surface area (Å²) >= 11 is 0. The molecule has 0 unspecified atom stereocenters. The van der Waals surface area contributed by atoms with Crippen LogP contribution in [0.1, 0.15) is 17.5 Å². The molecular weight excluding hydrogens is 395 g/mol. The van der Waals surface area contributed by atoms with E-state index in [9.17, 15) is 17.6 Å². The third-order valence-corrected chi connectivity index (χ3v) is 7.49. The normalized spacial score (nSPS) is 22.3. The van der Waals surface area contributed by atoms with E-state index in [1.54, 1.807) is 4.90 Å². The molecule has 2 atom stereocenters. The van der Waals surface area contributed by atoms with Gasteiger partial charge in [-0.25, -0.2) is 12.8 Å². The van der Waals surface area contributed by atoms with E-state index in [1.165, 1.54) is 36.9 Å². The van der Waals surface area contributed by atoms with Gasteiger partial charge in [0.2, 0.25) is 15.9 Å². The lowest BCUT2D eigenvalue weighted by Crippen LogP contribution is -2.49. The lowest BCUT2D eigenvalue weighted by Gasteiger charge is -2.33. The van der Waals surface area contributed by atoms with Crippen LogP contribution in [-0.2, 0) is 27.8 Å². The summed E-state index contributed by atoms with van der Waals surface area (Å²) in [4.78, 5) is 14.8. The van der Waals surface area contributed by atoms with Crippen LogP contribution in [0.2, 0.25) is 0 Å². The van der Waals surface area contributed by atoms with Gasteiger partial charge in [0.25, 0.3) is 0 Å². The van der Waals surface area contributed by atoms with Gasteiger partial charge in [0.05, 0.1) is 12.0 Å². The maximum Gasteiger partial charge on any atom is 0.243 e. The maximum absolute atomic E-state index is 14.3. The highest BCUT2D eigenvalue weighted by molar-refractivity contribution is 7.89. The third-order valence-electron chi connectivity index (χ3n) is 5.60. The van der Waals surface area contributed by atoms with Crippen molar-refractivity contribution in [3.05, 3.63) is 59.7 Å². The number of rotatable bonds is 4. The number of alkyl halides is 1. The average molecular weight is 418 g/mol. The molecular formula is C21H23FN2O4S. The molecule has 1 saturated heterocycles. The van der Waals surface area contributed by atoms with Crippen molar-refractivity contribution in [2.75, 3.05) is 20.2 Å². The molecule has 29 heavy (non-hydrogen) atoms. The van der Waals surface area contributed by atoms with Gasteiger partial charge in [0, 0.05) is 26.1 Å². The number of fused-ring (bicyclic) bond motifs is 1. The number of nitrogens with zero attached hydrogens (tertiary/aromatic N) is 2. The zero-order valence-corrected chi connectivity index (χ0v) is 16.9. The second-order valence-corrected chi connectivity index (χ2v) is 9.27. The average Bonchev–Trinajstić information content (AvgIpc) is 3.15. The van der Waals surface area contributed by atoms with E-state index in [4.69, 9.17) is 4.74 Å². The first-order valence-corrected chi connectivity index (χ1v) is 11.0. The van der Waals surface area contributed by atoms with Gasteiger partial charge in [-0.3, -0.25) is 4.79 Å². The minimum atomic E-state index is -4.00. The van der Waals surface area contributed by atoms with Gasteiger partial charge in [-0.1, -0.05) is 24.3 Å². The zero-order chi connectivity index (χ0) is 20.6. The Morgan fingerprint density at radius 1 is 1.10 bits per heavy atom. The maximum atomic E-state index is 14.3. The fourth-order valence-corrected chi connectivity index (χ4v) is 5.64. The molecule has 2 heterocycles. The number of methoxy groups -OCH3 is 1. The van der Waals surface area contributed by atoms with Crippen LogP contribution in [0, 0.1) is 0 Å². The fourth-order valence-electron chi connectivity index (χ4n) is 4.02. The summed E-state index contributed by atoms with van der Waals surface area (Å²) in [5.41, 5.74) is 2.24. The van der Waals surface area contributed by atoms with Crippen molar-refractivity contribution in [3.63, 3.8) is 0 Å². The van der Waals surface area contributed by atoms with Crippen LogP contribution in [-0.4, -0.2) is 55.9 Å². The predicted octanol–water partition coefficient (Wildman–Crippen LogP) is 2.38. The molecule has 0 N–H and O–H groups in total. The largest absolute Gasteiger partial charge is 0.497 e. The van der Waals surface area contributed by atoms with E-state index < -0.39 is 22.2 Å². The molecule has 2 aromatic rings. The second kappa shape index (κ2) is 7.76. The van der Waals surface area contributed by atoms with Crippen LogP contribution < -0.4 is 4.74 Å². The summed E-state index contributed by atoms with van der Waals surface area (Å²) < 4.78 is 46.6. The van der Waals surface area contributed by atoms with Gasteiger partial charge in [0.1, 0.15) is 18.0 Å². The lowest BCUT2D eigenvalue weighted by atomic mass is 9.99. The molecule has 0 aliphatic carbocycles. The summed E-state index contributed by atoms with van der Waals surface area (Å²) in [6.07, 6.45) is -0.778. The van der Waals surface area contributed by atoms with Crippen molar-refractivity contribution >= 4 is 15.9 Å². The first-order valence-electron chi connectivity index (χ1n) is 9.55. The summed E-state index contributed by atoms with van der Waals surface area (Å²) in [6.45, 7) is 0.605. The van der Waals surface area contributed by atoms with Gasteiger partial charge in [0.15, 0.2) is 0 Å². The van der Waals surface area contributed by atoms with Crippen LogP contribution in [0.25, 0.3) is 0 Å². The highest BCUT2D eigenvalue weighted by Gasteiger charge is 2.45. The van der Waals surface area contributed by atoms with E-state index in [0.29, 0.717) is 25.3 Å². The van der Waals surface area contributed by atoms with Crippen LogP contribution in [0.3, 0.4) is 0 Å². The molecule has 2 aliphatic heterocycles. The predicted molar refractivity (Wildman–Crippen MR) is 106 cm³/mol. The smallest absolute Gasteiger partial charge is 0.243 e. The monoisotopic (exact) mass is 418 g/mol. The Bertz CT molecular complexity index is 1010. The van der Waals surface area contributed by atoms with Crippen molar-refractivity contribution < 1.29 is 22.3 Å². The topological polar surface area (TPSA) is 66.9 Å². The molecule has 0 bridgehead atoms. The van der Waals surface area contributed by atoms with Crippen molar-refractivity contribution in [2.45, 2.75) is 36.5 Å². The van der Waals surface area contributed by atoms with E-state index in [0.717, 1.165) is 9.87 Å². The number of ether oxygens (including phenoxy) is 1. The Balaban J connectivity index is 1.58. The number of hydrogen-bond donors (Lipinski definition) is 0. The molecule has 2 aromatic carbocycles. The van der Waals surface area contributed by atoms with E-state index in [1.807, 2.05) is 24.3 Å². The van der Waals surface area contributed by atoms with Crippen molar-refractivity contribution in [2.24, 2.45) is 0 Å². The van der Waals surface area contributed by atoms with E-state index in [2.05, 4.69) is 0 Å². The van der Waals surface area contributed by atoms with Crippen molar-refractivity contribution in [3.8, 4) is 5.75 Å². The SMILES string of the molecule is COc1ccc(S(=O)(=O)N2C[C@@H](F)C[C@H]2C(=O)N2CCc3ccccc3C2)cc1. The summed E-state index contributed by atoms with van der Waals surface area (Å²) in [6, 6.07) is 12.8. The van der Waals surface area contributed by atoms with Crippen molar-refractivity contribution in [1.82, 2.24) is 9.21 Å². The lowest BCUT2D eigenvalue weighted by molar-refractivity contribution is -0.135. The molecule has 1 amide bonds. The Kier molecular flexibility index (Phi) is 5.31. The first kappa shape index (κ1) is 19.8. The third kappa shape index (κ3) is 3.74. The number of carbonyl (C=O) groups is 1. The number of amides is 1. The number of benzene rings is 2. The van der Waals surface area contributed by atoms with E-state index >= 15 is 0 Å². The first-order chi connectivity index (χ1) is 13.9.